The lowest BCUT2D eigenvalue weighted by Gasteiger charge is -2.02. The van der Waals surface area contributed by atoms with E-state index >= 15 is 0 Å². The van der Waals surface area contributed by atoms with Crippen molar-refractivity contribution in [1.29, 1.82) is 0 Å². The summed E-state index contributed by atoms with van der Waals surface area (Å²) in [6, 6.07) is 3.68. The fourth-order valence-electron chi connectivity index (χ4n) is 1.44. The second-order valence-electron chi connectivity index (χ2n) is 3.71. The molecule has 0 aliphatic carbocycles. The van der Waals surface area contributed by atoms with Crippen LogP contribution < -0.4 is 5.69 Å². The Bertz CT molecular complexity index is 750. The highest BCUT2D eigenvalue weighted by Gasteiger charge is 2.20. The SMILES string of the molecule is Cn1c(Sc2ccc([N+](=O)[O-])c(C(=O)O)c2)n[nH]c1=O. The number of aromatic nitrogens is 3. The van der Waals surface area contributed by atoms with Crippen molar-refractivity contribution in [1.82, 2.24) is 14.8 Å². The van der Waals surface area contributed by atoms with Gasteiger partial charge in [-0.2, -0.15) is 0 Å². The zero-order chi connectivity index (χ0) is 14.9. The van der Waals surface area contributed by atoms with Crippen LogP contribution in [0.2, 0.25) is 0 Å². The van der Waals surface area contributed by atoms with Crippen LogP contribution in [-0.4, -0.2) is 30.8 Å². The van der Waals surface area contributed by atoms with Gasteiger partial charge in [-0.05, 0) is 23.9 Å². The number of aromatic amines is 1. The molecule has 1 aromatic carbocycles. The molecule has 0 unspecified atom stereocenters. The number of benzene rings is 1. The number of carboxylic acid groups (broad SMARTS) is 1. The van der Waals surface area contributed by atoms with Crippen LogP contribution in [0.3, 0.4) is 0 Å². The Morgan fingerprint density at radius 1 is 1.55 bits per heavy atom. The summed E-state index contributed by atoms with van der Waals surface area (Å²) in [5, 5.41) is 26.0. The van der Waals surface area contributed by atoms with Gasteiger partial charge in [-0.25, -0.2) is 14.7 Å². The zero-order valence-corrected chi connectivity index (χ0v) is 10.9. The lowest BCUT2D eigenvalue weighted by atomic mass is 10.2. The van der Waals surface area contributed by atoms with Gasteiger partial charge in [-0.15, -0.1) is 5.10 Å². The molecular formula is C10H8N4O5S. The summed E-state index contributed by atoms with van der Waals surface area (Å²) in [5.74, 6) is -1.39. The summed E-state index contributed by atoms with van der Waals surface area (Å²) in [6.45, 7) is 0. The molecule has 0 atom stereocenters. The molecule has 20 heavy (non-hydrogen) atoms. The minimum atomic E-state index is -1.39. The molecule has 10 heteroatoms. The Hall–Kier alpha value is -2.62. The number of nitro benzene ring substituents is 1. The largest absolute Gasteiger partial charge is 0.477 e. The Kier molecular flexibility index (Phi) is 3.57. The minimum Gasteiger partial charge on any atom is -0.477 e. The van der Waals surface area contributed by atoms with Crippen LogP contribution in [0, 0.1) is 10.1 Å². The van der Waals surface area contributed by atoms with E-state index in [2.05, 4.69) is 10.2 Å². The van der Waals surface area contributed by atoms with E-state index < -0.39 is 27.8 Å². The second-order valence-corrected chi connectivity index (χ2v) is 4.75. The quantitative estimate of drug-likeness (QED) is 0.632. The van der Waals surface area contributed by atoms with Crippen molar-refractivity contribution < 1.29 is 14.8 Å². The first-order valence-corrected chi connectivity index (χ1v) is 6.03. The molecule has 0 saturated heterocycles. The second kappa shape index (κ2) is 5.17. The van der Waals surface area contributed by atoms with Gasteiger partial charge >= 0.3 is 11.7 Å². The van der Waals surface area contributed by atoms with E-state index in [1.54, 1.807) is 0 Å². The number of H-pyrrole nitrogens is 1. The van der Waals surface area contributed by atoms with E-state index in [1.165, 1.54) is 23.7 Å². The fraction of sp³-hybridized carbons (Fsp3) is 0.100. The van der Waals surface area contributed by atoms with Crippen molar-refractivity contribution in [3.8, 4) is 0 Å². The van der Waals surface area contributed by atoms with Crippen molar-refractivity contribution >= 4 is 23.4 Å². The highest BCUT2D eigenvalue weighted by Crippen LogP contribution is 2.29. The van der Waals surface area contributed by atoms with Gasteiger partial charge in [-0.3, -0.25) is 14.7 Å². The molecule has 2 N–H and O–H groups in total. The Labute approximate surface area is 115 Å². The number of nitro groups is 1. The lowest BCUT2D eigenvalue weighted by Crippen LogP contribution is -2.12. The molecule has 104 valence electrons. The number of hydrogen-bond acceptors (Lipinski definition) is 6. The summed E-state index contributed by atoms with van der Waals surface area (Å²) in [7, 11) is 1.50. The third-order valence-electron chi connectivity index (χ3n) is 2.44. The molecule has 0 fully saturated rings. The molecule has 2 rings (SSSR count). The van der Waals surface area contributed by atoms with Crippen LogP contribution in [0.1, 0.15) is 10.4 Å². The lowest BCUT2D eigenvalue weighted by molar-refractivity contribution is -0.385. The first-order chi connectivity index (χ1) is 9.40. The summed E-state index contributed by atoms with van der Waals surface area (Å²) >= 11 is 1.02. The Morgan fingerprint density at radius 3 is 2.75 bits per heavy atom. The topological polar surface area (TPSA) is 131 Å². The molecule has 0 saturated carbocycles. The van der Waals surface area contributed by atoms with E-state index in [1.807, 2.05) is 0 Å². The summed E-state index contributed by atoms with van der Waals surface area (Å²) < 4.78 is 1.24. The number of rotatable bonds is 4. The number of nitrogens with one attached hydrogen (secondary N) is 1. The number of carbonyl (C=O) groups is 1. The van der Waals surface area contributed by atoms with Crippen LogP contribution in [0.5, 0.6) is 0 Å². The molecule has 0 bridgehead atoms. The van der Waals surface area contributed by atoms with Crippen LogP contribution in [-0.2, 0) is 7.05 Å². The monoisotopic (exact) mass is 296 g/mol. The Balaban J connectivity index is 2.41. The highest BCUT2D eigenvalue weighted by molar-refractivity contribution is 7.99. The van der Waals surface area contributed by atoms with Gasteiger partial charge in [-0.1, -0.05) is 0 Å². The maximum Gasteiger partial charge on any atom is 0.343 e. The van der Waals surface area contributed by atoms with E-state index in [-0.39, 0.29) is 0 Å². The van der Waals surface area contributed by atoms with Crippen LogP contribution in [0.4, 0.5) is 5.69 Å². The zero-order valence-electron chi connectivity index (χ0n) is 10.1. The van der Waals surface area contributed by atoms with Crippen molar-refractivity contribution in [3.05, 3.63) is 44.4 Å². The Morgan fingerprint density at radius 2 is 2.25 bits per heavy atom. The molecule has 2 aromatic rings. The van der Waals surface area contributed by atoms with Crippen molar-refractivity contribution in [2.45, 2.75) is 10.1 Å². The van der Waals surface area contributed by atoms with Gasteiger partial charge in [0.15, 0.2) is 5.16 Å². The third-order valence-corrected chi connectivity index (χ3v) is 3.48. The molecule has 1 heterocycles. The molecule has 9 nitrogen and oxygen atoms in total. The van der Waals surface area contributed by atoms with Crippen molar-refractivity contribution in [2.24, 2.45) is 7.05 Å². The minimum absolute atomic E-state index is 0.320. The molecule has 0 amide bonds. The molecule has 0 radical (unpaired) electrons. The summed E-state index contributed by atoms with van der Waals surface area (Å²) in [5.41, 5.74) is -1.31. The highest BCUT2D eigenvalue weighted by atomic mass is 32.2. The van der Waals surface area contributed by atoms with E-state index in [0.717, 1.165) is 17.8 Å². The normalized spacial score (nSPS) is 10.4. The smallest absolute Gasteiger partial charge is 0.343 e. The molecular weight excluding hydrogens is 288 g/mol. The van der Waals surface area contributed by atoms with Crippen LogP contribution in [0.15, 0.2) is 33.0 Å². The van der Waals surface area contributed by atoms with E-state index in [9.17, 15) is 19.7 Å². The number of hydrogen-bond donors (Lipinski definition) is 2. The maximum atomic E-state index is 11.2. The predicted octanol–water partition coefficient (Wildman–Crippen LogP) is 0.866. The van der Waals surface area contributed by atoms with Gasteiger partial charge in [0, 0.05) is 18.0 Å². The molecule has 0 aliphatic heterocycles. The standard InChI is InChI=1S/C10H8N4O5S/c1-13-9(17)11-12-10(13)20-5-2-3-7(14(18)19)6(4-5)8(15)16/h2-4H,1H3,(H,11,17)(H,15,16). The van der Waals surface area contributed by atoms with E-state index in [0.29, 0.717) is 10.1 Å². The van der Waals surface area contributed by atoms with Gasteiger partial charge in [0.2, 0.25) is 0 Å². The fourth-order valence-corrected chi connectivity index (χ4v) is 2.27. The molecule has 1 aromatic heterocycles. The predicted molar refractivity (Wildman–Crippen MR) is 68.0 cm³/mol. The average molecular weight is 296 g/mol. The van der Waals surface area contributed by atoms with Crippen molar-refractivity contribution in [2.75, 3.05) is 0 Å². The molecule has 0 aliphatic rings. The molecule has 0 spiro atoms. The van der Waals surface area contributed by atoms with Gasteiger partial charge in [0.05, 0.1) is 4.92 Å². The third kappa shape index (κ3) is 2.54. The number of carboxylic acids is 1. The number of nitrogens with zero attached hydrogens (tertiary/aromatic N) is 3. The van der Waals surface area contributed by atoms with Crippen LogP contribution in [0.25, 0.3) is 0 Å². The van der Waals surface area contributed by atoms with Crippen molar-refractivity contribution in [3.63, 3.8) is 0 Å². The maximum absolute atomic E-state index is 11.2. The average Bonchev–Trinajstić information content (AvgIpc) is 2.70. The first-order valence-electron chi connectivity index (χ1n) is 5.21. The van der Waals surface area contributed by atoms with Gasteiger partial charge in [0.1, 0.15) is 5.56 Å². The van der Waals surface area contributed by atoms with Crippen LogP contribution >= 0.6 is 11.8 Å². The first kappa shape index (κ1) is 13.8. The van der Waals surface area contributed by atoms with Gasteiger partial charge in [0.25, 0.3) is 5.69 Å². The van der Waals surface area contributed by atoms with Gasteiger partial charge < -0.3 is 5.11 Å². The van der Waals surface area contributed by atoms with E-state index in [4.69, 9.17) is 5.11 Å². The summed E-state index contributed by atoms with van der Waals surface area (Å²) in [6.07, 6.45) is 0. The summed E-state index contributed by atoms with van der Waals surface area (Å²) in [4.78, 5) is 32.6. The number of aromatic carboxylic acids is 1.